The highest BCUT2D eigenvalue weighted by atomic mass is 35.5. The number of hydrogen-bond donors (Lipinski definition) is 2. The van der Waals surface area contributed by atoms with Gasteiger partial charge in [-0.15, -0.1) is 0 Å². The second-order valence-electron chi connectivity index (χ2n) is 4.24. The lowest BCUT2D eigenvalue weighted by Crippen LogP contribution is -2.02. The molecule has 0 aliphatic rings. The van der Waals surface area contributed by atoms with Gasteiger partial charge in [0.05, 0.1) is 5.56 Å². The van der Waals surface area contributed by atoms with E-state index in [2.05, 4.69) is 10.3 Å². The van der Waals surface area contributed by atoms with E-state index in [1.54, 1.807) is 0 Å². The van der Waals surface area contributed by atoms with E-state index < -0.39 is 5.97 Å². The molecule has 4 nitrogen and oxygen atoms in total. The second-order valence-corrected chi connectivity index (χ2v) is 4.63. The van der Waals surface area contributed by atoms with E-state index in [4.69, 9.17) is 16.7 Å². The third kappa shape index (κ3) is 3.03. The van der Waals surface area contributed by atoms with Crippen molar-refractivity contribution in [3.8, 4) is 0 Å². The molecule has 0 saturated heterocycles. The Kier molecular flexibility index (Phi) is 3.71. The molecule has 5 heteroatoms. The van der Waals surface area contributed by atoms with Crippen LogP contribution in [0.1, 0.15) is 21.5 Å². The van der Waals surface area contributed by atoms with E-state index in [-0.39, 0.29) is 10.7 Å². The number of halogens is 1. The molecule has 2 aromatic rings. The zero-order valence-electron chi connectivity index (χ0n) is 10.6. The molecule has 0 saturated carbocycles. The van der Waals surface area contributed by atoms with Crippen LogP contribution in [0.2, 0.25) is 5.15 Å². The number of pyridine rings is 1. The highest BCUT2D eigenvalue weighted by molar-refractivity contribution is 6.29. The van der Waals surface area contributed by atoms with E-state index in [0.717, 1.165) is 16.8 Å². The van der Waals surface area contributed by atoms with Crippen LogP contribution in [0, 0.1) is 13.8 Å². The summed E-state index contributed by atoms with van der Waals surface area (Å²) in [4.78, 5) is 15.0. The van der Waals surface area contributed by atoms with Crippen molar-refractivity contribution in [2.24, 2.45) is 0 Å². The monoisotopic (exact) mass is 276 g/mol. The van der Waals surface area contributed by atoms with Crippen molar-refractivity contribution >= 4 is 29.1 Å². The zero-order valence-corrected chi connectivity index (χ0v) is 11.3. The molecule has 0 fully saturated rings. The summed E-state index contributed by atoms with van der Waals surface area (Å²) in [6.45, 7) is 3.99. The standard InChI is InChI=1S/C14H13ClN2O2/c1-8-4-3-5-11(9(8)2)16-13-7-10(14(18)19)6-12(15)17-13/h3-7H,1-2H3,(H,16,17)(H,18,19). The molecule has 0 amide bonds. The molecule has 1 aromatic carbocycles. The number of carbonyl (C=O) groups is 1. The average molecular weight is 277 g/mol. The molecule has 2 rings (SSSR count). The lowest BCUT2D eigenvalue weighted by molar-refractivity contribution is 0.0697. The van der Waals surface area contributed by atoms with Crippen LogP contribution >= 0.6 is 11.6 Å². The average Bonchev–Trinajstić information content (AvgIpc) is 2.34. The van der Waals surface area contributed by atoms with E-state index in [9.17, 15) is 4.79 Å². The lowest BCUT2D eigenvalue weighted by atomic mass is 10.1. The van der Waals surface area contributed by atoms with Crippen molar-refractivity contribution in [2.45, 2.75) is 13.8 Å². The van der Waals surface area contributed by atoms with Crippen molar-refractivity contribution in [2.75, 3.05) is 5.32 Å². The number of aromatic nitrogens is 1. The number of nitrogens with one attached hydrogen (secondary N) is 1. The quantitative estimate of drug-likeness (QED) is 0.837. The molecule has 0 unspecified atom stereocenters. The van der Waals surface area contributed by atoms with Gasteiger partial charge in [0, 0.05) is 5.69 Å². The minimum absolute atomic E-state index is 0.104. The van der Waals surface area contributed by atoms with Crippen molar-refractivity contribution in [3.05, 3.63) is 52.2 Å². The predicted octanol–water partition coefficient (Wildman–Crippen LogP) is 3.79. The topological polar surface area (TPSA) is 62.2 Å². The normalized spacial score (nSPS) is 10.3. The lowest BCUT2D eigenvalue weighted by Gasteiger charge is -2.11. The van der Waals surface area contributed by atoms with Crippen molar-refractivity contribution in [3.63, 3.8) is 0 Å². The van der Waals surface area contributed by atoms with E-state index in [1.807, 2.05) is 32.0 Å². The number of benzene rings is 1. The number of hydrogen-bond acceptors (Lipinski definition) is 3. The van der Waals surface area contributed by atoms with Crippen molar-refractivity contribution < 1.29 is 9.90 Å². The zero-order chi connectivity index (χ0) is 14.0. The minimum atomic E-state index is -1.03. The Bertz CT molecular complexity index is 641. The Morgan fingerprint density at radius 1 is 1.32 bits per heavy atom. The second kappa shape index (κ2) is 5.28. The summed E-state index contributed by atoms with van der Waals surface area (Å²) in [5.74, 6) is -0.619. The Morgan fingerprint density at radius 2 is 2.05 bits per heavy atom. The fourth-order valence-corrected chi connectivity index (χ4v) is 1.92. The number of aryl methyl sites for hydroxylation is 1. The number of nitrogens with zero attached hydrogens (tertiary/aromatic N) is 1. The Labute approximate surface area is 116 Å². The SMILES string of the molecule is Cc1cccc(Nc2cc(C(=O)O)cc(Cl)n2)c1C. The van der Waals surface area contributed by atoms with Gasteiger partial charge in [0.15, 0.2) is 0 Å². The maximum atomic E-state index is 11.0. The molecule has 1 aromatic heterocycles. The molecule has 0 aliphatic heterocycles. The van der Waals surface area contributed by atoms with Crippen molar-refractivity contribution in [1.82, 2.24) is 4.98 Å². The van der Waals surface area contributed by atoms with Gasteiger partial charge < -0.3 is 10.4 Å². The first-order valence-corrected chi connectivity index (χ1v) is 6.09. The van der Waals surface area contributed by atoms with Gasteiger partial charge in [-0.1, -0.05) is 23.7 Å². The maximum absolute atomic E-state index is 11.0. The van der Waals surface area contributed by atoms with Gasteiger partial charge in [-0.2, -0.15) is 0 Å². The summed E-state index contributed by atoms with van der Waals surface area (Å²) < 4.78 is 0. The molecule has 2 N–H and O–H groups in total. The van der Waals surface area contributed by atoms with Crippen molar-refractivity contribution in [1.29, 1.82) is 0 Å². The molecular weight excluding hydrogens is 264 g/mol. The fourth-order valence-electron chi connectivity index (χ4n) is 1.71. The number of carboxylic acid groups (broad SMARTS) is 1. The van der Waals surface area contributed by atoms with Crippen LogP contribution in [0.5, 0.6) is 0 Å². The molecular formula is C14H13ClN2O2. The number of carboxylic acids is 1. The van der Waals surface area contributed by atoms with Gasteiger partial charge in [0.2, 0.25) is 0 Å². The van der Waals surface area contributed by atoms with E-state index in [1.165, 1.54) is 12.1 Å². The largest absolute Gasteiger partial charge is 0.478 e. The third-order valence-corrected chi connectivity index (χ3v) is 3.10. The summed E-state index contributed by atoms with van der Waals surface area (Å²) >= 11 is 5.82. The molecule has 0 spiro atoms. The molecule has 0 atom stereocenters. The summed E-state index contributed by atoms with van der Waals surface area (Å²) in [7, 11) is 0. The summed E-state index contributed by atoms with van der Waals surface area (Å²) in [5.41, 5.74) is 3.21. The molecule has 98 valence electrons. The van der Waals surface area contributed by atoms with Crippen LogP contribution in [-0.2, 0) is 0 Å². The summed E-state index contributed by atoms with van der Waals surface area (Å²) in [6, 6.07) is 8.61. The first-order valence-electron chi connectivity index (χ1n) is 5.71. The van der Waals surface area contributed by atoms with Crippen LogP contribution in [0.15, 0.2) is 30.3 Å². The highest BCUT2D eigenvalue weighted by Gasteiger charge is 2.08. The first-order chi connectivity index (χ1) is 8.97. The first kappa shape index (κ1) is 13.4. The van der Waals surface area contributed by atoms with Gasteiger partial charge in [0.25, 0.3) is 0 Å². The van der Waals surface area contributed by atoms with Crippen LogP contribution in [0.3, 0.4) is 0 Å². The van der Waals surface area contributed by atoms with Crippen LogP contribution < -0.4 is 5.32 Å². The predicted molar refractivity (Wildman–Crippen MR) is 75.4 cm³/mol. The van der Waals surface area contributed by atoms with Gasteiger partial charge in [-0.05, 0) is 43.2 Å². The molecule has 19 heavy (non-hydrogen) atoms. The fraction of sp³-hybridized carbons (Fsp3) is 0.143. The highest BCUT2D eigenvalue weighted by Crippen LogP contribution is 2.23. The molecule has 0 aliphatic carbocycles. The Morgan fingerprint density at radius 3 is 2.74 bits per heavy atom. The number of anilines is 2. The van der Waals surface area contributed by atoms with Crippen LogP contribution in [-0.4, -0.2) is 16.1 Å². The maximum Gasteiger partial charge on any atom is 0.335 e. The molecule has 0 radical (unpaired) electrons. The van der Waals surface area contributed by atoms with Gasteiger partial charge >= 0.3 is 5.97 Å². The Balaban J connectivity index is 2.38. The smallest absolute Gasteiger partial charge is 0.335 e. The summed E-state index contributed by atoms with van der Waals surface area (Å²) in [6.07, 6.45) is 0. The molecule has 0 bridgehead atoms. The number of aromatic carboxylic acids is 1. The van der Waals surface area contributed by atoms with Gasteiger partial charge in [-0.25, -0.2) is 9.78 Å². The Hall–Kier alpha value is -2.07. The van der Waals surface area contributed by atoms with E-state index in [0.29, 0.717) is 5.82 Å². The van der Waals surface area contributed by atoms with E-state index >= 15 is 0 Å². The van der Waals surface area contributed by atoms with Crippen LogP contribution in [0.4, 0.5) is 11.5 Å². The minimum Gasteiger partial charge on any atom is -0.478 e. The third-order valence-electron chi connectivity index (χ3n) is 2.91. The molecule has 1 heterocycles. The van der Waals surface area contributed by atoms with Gasteiger partial charge in [-0.3, -0.25) is 0 Å². The van der Waals surface area contributed by atoms with Gasteiger partial charge in [0.1, 0.15) is 11.0 Å². The van der Waals surface area contributed by atoms with Crippen LogP contribution in [0.25, 0.3) is 0 Å². The summed E-state index contributed by atoms with van der Waals surface area (Å²) in [5, 5.41) is 12.2. The number of rotatable bonds is 3.